The van der Waals surface area contributed by atoms with Crippen LogP contribution in [-0.2, 0) is 6.18 Å². The number of carboxylic acids is 1. The number of carboxylic acid groups (broad SMARTS) is 1. The molecule has 0 heterocycles. The lowest BCUT2D eigenvalue weighted by Crippen LogP contribution is -2.15. The molecule has 0 spiro atoms. The zero-order valence-corrected chi connectivity index (χ0v) is 9.30. The van der Waals surface area contributed by atoms with Crippen LogP contribution in [-0.4, -0.2) is 17.1 Å². The molecule has 0 aromatic heterocycles. The van der Waals surface area contributed by atoms with Crippen molar-refractivity contribution in [3.8, 4) is 0 Å². The van der Waals surface area contributed by atoms with Crippen LogP contribution in [0, 0.1) is 0 Å². The lowest BCUT2D eigenvalue weighted by atomic mass is 10.1. The highest BCUT2D eigenvalue weighted by Crippen LogP contribution is 2.34. The van der Waals surface area contributed by atoms with Crippen molar-refractivity contribution < 1.29 is 23.1 Å². The largest absolute Gasteiger partial charge is 0.478 e. The number of aromatic carboxylic acids is 1. The van der Waals surface area contributed by atoms with Crippen LogP contribution in [0.1, 0.15) is 29.8 Å². The van der Waals surface area contributed by atoms with Crippen LogP contribution in [0.25, 0.3) is 0 Å². The predicted octanol–water partition coefficient (Wildman–Crippen LogP) is 3.22. The molecule has 0 saturated carbocycles. The lowest BCUT2D eigenvalue weighted by Gasteiger charge is -2.15. The molecular formula is C11H12F3NO2. The van der Waals surface area contributed by atoms with E-state index < -0.39 is 23.3 Å². The molecule has 0 radical (unpaired) electrons. The summed E-state index contributed by atoms with van der Waals surface area (Å²) in [5.74, 6) is -1.59. The maximum atomic E-state index is 12.6. The van der Waals surface area contributed by atoms with E-state index in [2.05, 4.69) is 5.32 Å². The van der Waals surface area contributed by atoms with Gasteiger partial charge in [-0.05, 0) is 32.0 Å². The van der Waals surface area contributed by atoms with Crippen molar-refractivity contribution in [2.75, 3.05) is 5.32 Å². The van der Waals surface area contributed by atoms with Crippen LogP contribution < -0.4 is 5.32 Å². The topological polar surface area (TPSA) is 49.3 Å². The van der Waals surface area contributed by atoms with E-state index in [1.807, 2.05) is 0 Å². The number of rotatable bonds is 3. The van der Waals surface area contributed by atoms with E-state index in [0.717, 1.165) is 12.1 Å². The molecule has 1 aromatic carbocycles. The zero-order valence-electron chi connectivity index (χ0n) is 9.30. The third-order valence-corrected chi connectivity index (χ3v) is 2.01. The van der Waals surface area contributed by atoms with Crippen molar-refractivity contribution in [2.24, 2.45) is 0 Å². The number of alkyl halides is 3. The Bertz CT molecular complexity index is 427. The highest BCUT2D eigenvalue weighted by Gasteiger charge is 2.35. The fraction of sp³-hybridized carbons (Fsp3) is 0.364. The van der Waals surface area contributed by atoms with Gasteiger partial charge in [-0.15, -0.1) is 0 Å². The van der Waals surface area contributed by atoms with E-state index in [0.29, 0.717) is 0 Å². The SMILES string of the molecule is CC(C)Nc1ccc(C(=O)O)c(C(F)(F)F)c1. The average molecular weight is 247 g/mol. The molecule has 3 nitrogen and oxygen atoms in total. The fourth-order valence-electron chi connectivity index (χ4n) is 1.39. The van der Waals surface area contributed by atoms with Gasteiger partial charge < -0.3 is 10.4 Å². The summed E-state index contributed by atoms with van der Waals surface area (Å²) in [5, 5.41) is 11.5. The first-order valence-corrected chi connectivity index (χ1v) is 4.93. The van der Waals surface area contributed by atoms with Gasteiger partial charge in [0, 0.05) is 11.7 Å². The first-order valence-electron chi connectivity index (χ1n) is 4.93. The summed E-state index contributed by atoms with van der Waals surface area (Å²) < 4.78 is 37.9. The van der Waals surface area contributed by atoms with Crippen LogP contribution in [0.2, 0.25) is 0 Å². The first kappa shape index (κ1) is 13.3. The highest BCUT2D eigenvalue weighted by atomic mass is 19.4. The molecule has 1 rings (SSSR count). The number of hydrogen-bond donors (Lipinski definition) is 2. The quantitative estimate of drug-likeness (QED) is 0.862. The Hall–Kier alpha value is -1.72. The Morgan fingerprint density at radius 3 is 2.35 bits per heavy atom. The Labute approximate surface area is 96.3 Å². The Balaban J connectivity index is 3.25. The van der Waals surface area contributed by atoms with Crippen molar-refractivity contribution >= 4 is 11.7 Å². The van der Waals surface area contributed by atoms with Crippen LogP contribution in [0.15, 0.2) is 18.2 Å². The van der Waals surface area contributed by atoms with Gasteiger partial charge in [-0.2, -0.15) is 13.2 Å². The van der Waals surface area contributed by atoms with E-state index >= 15 is 0 Å². The van der Waals surface area contributed by atoms with Crippen molar-refractivity contribution in [3.63, 3.8) is 0 Å². The van der Waals surface area contributed by atoms with Crippen LogP contribution in [0.4, 0.5) is 18.9 Å². The van der Waals surface area contributed by atoms with Gasteiger partial charge in [0.25, 0.3) is 0 Å². The Kier molecular flexibility index (Phi) is 3.65. The van der Waals surface area contributed by atoms with Gasteiger partial charge in [-0.3, -0.25) is 0 Å². The van der Waals surface area contributed by atoms with Crippen LogP contribution in [0.5, 0.6) is 0 Å². The Morgan fingerprint density at radius 1 is 1.35 bits per heavy atom. The minimum atomic E-state index is -4.68. The molecule has 6 heteroatoms. The van der Waals surface area contributed by atoms with Crippen LogP contribution >= 0.6 is 0 Å². The van der Waals surface area contributed by atoms with E-state index in [4.69, 9.17) is 5.11 Å². The second-order valence-corrected chi connectivity index (χ2v) is 3.86. The number of hydrogen-bond acceptors (Lipinski definition) is 2. The first-order chi connectivity index (χ1) is 7.71. The number of anilines is 1. The third-order valence-electron chi connectivity index (χ3n) is 2.01. The molecule has 0 aliphatic rings. The van der Waals surface area contributed by atoms with Gasteiger partial charge in [0.05, 0.1) is 11.1 Å². The van der Waals surface area contributed by atoms with Crippen LogP contribution in [0.3, 0.4) is 0 Å². The van der Waals surface area contributed by atoms with E-state index in [1.54, 1.807) is 13.8 Å². The molecular weight excluding hydrogens is 235 g/mol. The summed E-state index contributed by atoms with van der Waals surface area (Å²) in [6.45, 7) is 3.55. The molecule has 0 fully saturated rings. The van der Waals surface area contributed by atoms with Gasteiger partial charge in [0.15, 0.2) is 0 Å². The molecule has 2 N–H and O–H groups in total. The van der Waals surface area contributed by atoms with E-state index in [9.17, 15) is 18.0 Å². The minimum Gasteiger partial charge on any atom is -0.478 e. The zero-order chi connectivity index (χ0) is 13.2. The average Bonchev–Trinajstić information content (AvgIpc) is 2.14. The predicted molar refractivity (Wildman–Crippen MR) is 57.2 cm³/mol. The van der Waals surface area contributed by atoms with Crippen molar-refractivity contribution in [1.82, 2.24) is 0 Å². The Morgan fingerprint density at radius 2 is 1.94 bits per heavy atom. The second-order valence-electron chi connectivity index (χ2n) is 3.86. The molecule has 0 aliphatic heterocycles. The lowest BCUT2D eigenvalue weighted by molar-refractivity contribution is -0.138. The molecule has 0 amide bonds. The summed E-state index contributed by atoms with van der Waals surface area (Å²) in [6.07, 6.45) is -4.68. The molecule has 0 bridgehead atoms. The molecule has 0 saturated heterocycles. The monoisotopic (exact) mass is 247 g/mol. The van der Waals surface area contributed by atoms with Gasteiger partial charge >= 0.3 is 12.1 Å². The normalized spacial score (nSPS) is 11.6. The smallest absolute Gasteiger partial charge is 0.417 e. The van der Waals surface area contributed by atoms with Crippen molar-refractivity contribution in [2.45, 2.75) is 26.1 Å². The maximum absolute atomic E-state index is 12.6. The molecule has 0 unspecified atom stereocenters. The van der Waals surface area contributed by atoms with Crippen molar-refractivity contribution in [1.29, 1.82) is 0 Å². The third kappa shape index (κ3) is 3.37. The van der Waals surface area contributed by atoms with Gasteiger partial charge in [0.2, 0.25) is 0 Å². The molecule has 17 heavy (non-hydrogen) atoms. The van der Waals surface area contributed by atoms with Gasteiger partial charge in [-0.1, -0.05) is 0 Å². The number of halogens is 3. The number of nitrogens with one attached hydrogen (secondary N) is 1. The van der Waals surface area contributed by atoms with Gasteiger partial charge in [-0.25, -0.2) is 4.79 Å². The number of carbonyl (C=O) groups is 1. The maximum Gasteiger partial charge on any atom is 0.417 e. The molecule has 94 valence electrons. The van der Waals surface area contributed by atoms with Gasteiger partial charge in [0.1, 0.15) is 0 Å². The van der Waals surface area contributed by atoms with E-state index in [1.165, 1.54) is 6.07 Å². The van der Waals surface area contributed by atoms with Crippen molar-refractivity contribution in [3.05, 3.63) is 29.3 Å². The molecule has 0 aliphatic carbocycles. The summed E-state index contributed by atoms with van der Waals surface area (Å²) in [4.78, 5) is 10.7. The summed E-state index contributed by atoms with van der Waals surface area (Å²) >= 11 is 0. The van der Waals surface area contributed by atoms with E-state index in [-0.39, 0.29) is 11.7 Å². The second kappa shape index (κ2) is 4.65. The molecule has 1 aromatic rings. The fourth-order valence-corrected chi connectivity index (χ4v) is 1.39. The summed E-state index contributed by atoms with van der Waals surface area (Å²) in [7, 11) is 0. The number of benzene rings is 1. The standard InChI is InChI=1S/C11H12F3NO2/c1-6(2)15-7-3-4-8(10(16)17)9(5-7)11(12,13)14/h3-6,15H,1-2H3,(H,16,17). The summed E-state index contributed by atoms with van der Waals surface area (Å²) in [5.41, 5.74) is -1.64. The molecule has 0 atom stereocenters. The minimum absolute atomic E-state index is 0.0354. The highest BCUT2D eigenvalue weighted by molar-refractivity contribution is 5.90. The summed E-state index contributed by atoms with van der Waals surface area (Å²) in [6, 6.07) is 3.05.